The largest absolute Gasteiger partial charge is 0.496 e. The first kappa shape index (κ1) is 22.7. The van der Waals surface area contributed by atoms with Crippen molar-refractivity contribution in [1.82, 2.24) is 4.98 Å². The second kappa shape index (κ2) is 10.3. The van der Waals surface area contributed by atoms with Gasteiger partial charge < -0.3 is 23.7 Å². The molecule has 0 radical (unpaired) electrons. The van der Waals surface area contributed by atoms with Gasteiger partial charge >= 0.3 is 5.97 Å². The number of methoxy groups -OCH3 is 1. The zero-order chi connectivity index (χ0) is 22.4. The van der Waals surface area contributed by atoms with Crippen LogP contribution in [0.5, 0.6) is 11.5 Å². The van der Waals surface area contributed by atoms with Gasteiger partial charge in [-0.2, -0.15) is 0 Å². The van der Waals surface area contributed by atoms with Crippen LogP contribution in [0.2, 0.25) is 5.02 Å². The Labute approximate surface area is 185 Å². The second-order valence-electron chi connectivity index (χ2n) is 6.78. The molecule has 0 spiro atoms. The van der Waals surface area contributed by atoms with Gasteiger partial charge in [0.05, 0.1) is 7.11 Å². The van der Waals surface area contributed by atoms with Crippen LogP contribution < -0.4 is 9.47 Å². The van der Waals surface area contributed by atoms with E-state index in [9.17, 15) is 9.90 Å². The lowest BCUT2D eigenvalue weighted by Gasteiger charge is -2.15. The summed E-state index contributed by atoms with van der Waals surface area (Å²) in [4.78, 5) is 15.9. The summed E-state index contributed by atoms with van der Waals surface area (Å²) in [5.74, 6) is 1.21. The van der Waals surface area contributed by atoms with E-state index in [0.717, 1.165) is 11.1 Å². The smallest absolute Gasteiger partial charge is 0.333 e. The minimum atomic E-state index is -1.01. The van der Waals surface area contributed by atoms with Crippen molar-refractivity contribution in [3.8, 4) is 23.0 Å². The predicted octanol–water partition coefficient (Wildman–Crippen LogP) is 4.92. The van der Waals surface area contributed by atoms with E-state index < -0.39 is 12.1 Å². The zero-order valence-electron chi connectivity index (χ0n) is 17.6. The molecule has 0 aliphatic carbocycles. The highest BCUT2D eigenvalue weighted by atomic mass is 35.5. The highest BCUT2D eigenvalue weighted by Crippen LogP contribution is 2.28. The van der Waals surface area contributed by atoms with Crippen LogP contribution in [-0.2, 0) is 22.6 Å². The highest BCUT2D eigenvalue weighted by molar-refractivity contribution is 6.30. The van der Waals surface area contributed by atoms with Gasteiger partial charge in [-0.15, -0.1) is 0 Å². The van der Waals surface area contributed by atoms with Crippen molar-refractivity contribution in [3.05, 3.63) is 64.5 Å². The average molecular weight is 446 g/mol. The molecule has 8 heteroatoms. The molecule has 31 heavy (non-hydrogen) atoms. The number of benzene rings is 2. The molecule has 1 N–H and O–H groups in total. The molecule has 164 valence electrons. The van der Waals surface area contributed by atoms with E-state index in [2.05, 4.69) is 4.98 Å². The van der Waals surface area contributed by atoms with Gasteiger partial charge in [0.2, 0.25) is 5.89 Å². The Morgan fingerprint density at radius 2 is 2.06 bits per heavy atom. The van der Waals surface area contributed by atoms with Gasteiger partial charge in [0, 0.05) is 29.7 Å². The van der Waals surface area contributed by atoms with E-state index in [0.29, 0.717) is 40.5 Å². The van der Waals surface area contributed by atoms with Gasteiger partial charge in [0.15, 0.2) is 6.10 Å². The summed E-state index contributed by atoms with van der Waals surface area (Å²) in [6.07, 6.45) is -0.744. The summed E-state index contributed by atoms with van der Waals surface area (Å²) in [5, 5.41) is 9.91. The number of ether oxygens (including phenoxy) is 3. The first-order valence-electron chi connectivity index (χ1n) is 9.77. The van der Waals surface area contributed by atoms with Crippen LogP contribution in [0.3, 0.4) is 0 Å². The lowest BCUT2D eigenvalue weighted by molar-refractivity contribution is -0.149. The molecular formula is C23H24ClNO6. The van der Waals surface area contributed by atoms with Crippen LogP contribution >= 0.6 is 11.6 Å². The fourth-order valence-electron chi connectivity index (χ4n) is 3.06. The third-order valence-corrected chi connectivity index (χ3v) is 4.88. The van der Waals surface area contributed by atoms with E-state index in [1.54, 1.807) is 37.3 Å². The van der Waals surface area contributed by atoms with Gasteiger partial charge in [0.1, 0.15) is 29.6 Å². The number of hydrogen-bond donors (Lipinski definition) is 1. The molecule has 0 fully saturated rings. The third-order valence-electron chi connectivity index (χ3n) is 4.65. The first-order chi connectivity index (χ1) is 14.9. The maximum Gasteiger partial charge on any atom is 0.333 e. The fourth-order valence-corrected chi connectivity index (χ4v) is 3.25. The summed E-state index contributed by atoms with van der Waals surface area (Å²) >= 11 is 6.04. The summed E-state index contributed by atoms with van der Waals surface area (Å²) in [6, 6.07) is 12.5. The van der Waals surface area contributed by atoms with E-state index in [-0.39, 0.29) is 13.0 Å². The van der Waals surface area contributed by atoms with Crippen molar-refractivity contribution in [2.75, 3.05) is 13.7 Å². The minimum Gasteiger partial charge on any atom is -0.496 e. The van der Waals surface area contributed by atoms with Crippen LogP contribution in [0.15, 0.2) is 46.9 Å². The van der Waals surface area contributed by atoms with E-state index in [4.69, 9.17) is 30.2 Å². The molecule has 1 heterocycles. The predicted molar refractivity (Wildman–Crippen MR) is 116 cm³/mol. The molecular weight excluding hydrogens is 422 g/mol. The number of aryl methyl sites for hydroxylation is 1. The number of nitrogens with zero attached hydrogens (tertiary/aromatic N) is 1. The third kappa shape index (κ3) is 5.77. The quantitative estimate of drug-likeness (QED) is 0.473. The Kier molecular flexibility index (Phi) is 7.55. The number of aliphatic carboxylic acids is 1. The number of carboxylic acids is 1. The molecule has 3 rings (SSSR count). The van der Waals surface area contributed by atoms with E-state index in [1.807, 2.05) is 19.1 Å². The Morgan fingerprint density at radius 3 is 2.74 bits per heavy atom. The maximum atomic E-state index is 11.4. The van der Waals surface area contributed by atoms with Crippen LogP contribution in [0.4, 0.5) is 0 Å². The molecule has 0 unspecified atom stereocenters. The maximum absolute atomic E-state index is 11.4. The van der Waals surface area contributed by atoms with Crippen LogP contribution in [-0.4, -0.2) is 35.9 Å². The van der Waals surface area contributed by atoms with Crippen LogP contribution in [0.25, 0.3) is 11.5 Å². The zero-order valence-corrected chi connectivity index (χ0v) is 18.3. The number of hydrogen-bond acceptors (Lipinski definition) is 6. The first-order valence-corrected chi connectivity index (χ1v) is 10.2. The van der Waals surface area contributed by atoms with Crippen LogP contribution in [0.1, 0.15) is 23.9 Å². The lowest BCUT2D eigenvalue weighted by atomic mass is 10.1. The van der Waals surface area contributed by atoms with E-state index >= 15 is 0 Å². The van der Waals surface area contributed by atoms with Gasteiger partial charge in [-0.3, -0.25) is 0 Å². The average Bonchev–Trinajstić information content (AvgIpc) is 3.13. The summed E-state index contributed by atoms with van der Waals surface area (Å²) in [5.41, 5.74) is 2.17. The molecule has 0 amide bonds. The monoisotopic (exact) mass is 445 g/mol. The van der Waals surface area contributed by atoms with Gasteiger partial charge in [0.25, 0.3) is 0 Å². The van der Waals surface area contributed by atoms with Crippen molar-refractivity contribution in [3.63, 3.8) is 0 Å². The normalized spacial score (nSPS) is 11.9. The number of halogens is 1. The van der Waals surface area contributed by atoms with Crippen molar-refractivity contribution in [2.24, 2.45) is 0 Å². The number of rotatable bonds is 10. The lowest BCUT2D eigenvalue weighted by Crippen LogP contribution is -2.26. The van der Waals surface area contributed by atoms with Gasteiger partial charge in [-0.05, 0) is 43.7 Å². The van der Waals surface area contributed by atoms with Crippen molar-refractivity contribution in [2.45, 2.75) is 33.0 Å². The van der Waals surface area contributed by atoms with E-state index in [1.165, 1.54) is 7.11 Å². The van der Waals surface area contributed by atoms with Crippen molar-refractivity contribution < 1.29 is 28.5 Å². The minimum absolute atomic E-state index is 0.192. The second-order valence-corrected chi connectivity index (χ2v) is 7.22. The standard InChI is InChI=1S/C23H24ClNO6/c1-4-29-21(23(26)27)11-15-8-9-18(12-20(15)28-3)30-13-19-14(2)31-22(25-19)16-6-5-7-17(24)10-16/h5-10,12,21H,4,11,13H2,1-3H3,(H,26,27)/t21-/m0/s1. The number of carboxylic acid groups (broad SMARTS) is 1. The Hall–Kier alpha value is -3.03. The molecule has 0 aliphatic heterocycles. The summed E-state index contributed by atoms with van der Waals surface area (Å²) < 4.78 is 22.3. The molecule has 0 saturated carbocycles. The number of carbonyl (C=O) groups is 1. The fraction of sp³-hybridized carbons (Fsp3) is 0.304. The molecule has 0 aliphatic rings. The topological polar surface area (TPSA) is 91.0 Å². The molecule has 2 aromatic carbocycles. The molecule has 0 bridgehead atoms. The molecule has 7 nitrogen and oxygen atoms in total. The Balaban J connectivity index is 1.71. The SMILES string of the molecule is CCO[C@@H](Cc1ccc(OCc2nc(-c3cccc(Cl)c3)oc2C)cc1OC)C(=O)O. The molecule has 0 saturated heterocycles. The summed E-state index contributed by atoms with van der Waals surface area (Å²) in [6.45, 7) is 4.10. The van der Waals surface area contributed by atoms with Crippen molar-refractivity contribution in [1.29, 1.82) is 0 Å². The summed E-state index contributed by atoms with van der Waals surface area (Å²) in [7, 11) is 1.53. The Bertz CT molecular complexity index is 1050. The van der Waals surface area contributed by atoms with Gasteiger partial charge in [-0.25, -0.2) is 9.78 Å². The molecule has 1 aromatic heterocycles. The number of oxazole rings is 1. The van der Waals surface area contributed by atoms with Gasteiger partial charge in [-0.1, -0.05) is 23.7 Å². The van der Waals surface area contributed by atoms with Crippen molar-refractivity contribution >= 4 is 17.6 Å². The Morgan fingerprint density at radius 1 is 1.26 bits per heavy atom. The van der Waals surface area contributed by atoms with Crippen LogP contribution in [0, 0.1) is 6.92 Å². The molecule has 3 aromatic rings. The highest BCUT2D eigenvalue weighted by Gasteiger charge is 2.20. The number of aromatic nitrogens is 1. The molecule has 1 atom stereocenters.